The van der Waals surface area contributed by atoms with Gasteiger partial charge in [0.15, 0.2) is 6.61 Å². The number of hydrogen-bond acceptors (Lipinski definition) is 5. The molecule has 152 valence electrons. The van der Waals surface area contributed by atoms with Crippen LogP contribution in [0.25, 0.3) is 0 Å². The summed E-state index contributed by atoms with van der Waals surface area (Å²) in [5.74, 6) is -0.540. The molecule has 2 aromatic rings. The largest absolute Gasteiger partial charge is 0.489 e. The van der Waals surface area contributed by atoms with E-state index in [0.29, 0.717) is 22.9 Å². The van der Waals surface area contributed by atoms with E-state index in [1.54, 1.807) is 55.5 Å². The van der Waals surface area contributed by atoms with E-state index in [0.717, 1.165) is 5.56 Å². The fourth-order valence-corrected chi connectivity index (χ4v) is 2.40. The van der Waals surface area contributed by atoms with Crippen LogP contribution in [0.3, 0.4) is 0 Å². The molecule has 1 atom stereocenters. The molecule has 0 unspecified atom stereocenters. The minimum Gasteiger partial charge on any atom is -0.489 e. The summed E-state index contributed by atoms with van der Waals surface area (Å²) in [7, 11) is 0. The molecule has 0 aliphatic heterocycles. The molecule has 0 spiro atoms. The van der Waals surface area contributed by atoms with Crippen molar-refractivity contribution in [2.75, 3.05) is 6.61 Å². The fourth-order valence-electron chi connectivity index (χ4n) is 2.28. The fraction of sp³-hybridized carbons (Fsp3) is 0.318. The number of esters is 1. The number of ether oxygens (including phenoxy) is 2. The van der Waals surface area contributed by atoms with Crippen LogP contribution in [0.1, 0.15) is 36.7 Å². The first-order valence-electron chi connectivity index (χ1n) is 9.10. The first-order chi connectivity index (χ1) is 13.7. The second-order valence-electron chi connectivity index (χ2n) is 7.03. The summed E-state index contributed by atoms with van der Waals surface area (Å²) in [6.45, 7) is 5.16. The van der Waals surface area contributed by atoms with Gasteiger partial charge in [0.05, 0.1) is 11.6 Å². The smallest absolute Gasteiger partial charge is 0.338 e. The Kier molecular flexibility index (Phi) is 7.63. The van der Waals surface area contributed by atoms with Gasteiger partial charge in [0.2, 0.25) is 0 Å². The van der Waals surface area contributed by atoms with Gasteiger partial charge in [-0.25, -0.2) is 4.79 Å². The normalized spacial score (nSPS) is 12.6. The molecule has 2 rings (SSSR count). The number of carbonyl (C=O) groups excluding carboxylic acids is 2. The number of nitrogens with one attached hydrogen (secondary N) is 1. The number of benzene rings is 2. The third-order valence-corrected chi connectivity index (χ3v) is 4.78. The van der Waals surface area contributed by atoms with E-state index in [1.165, 1.54) is 0 Å². The number of nitriles is 1. The summed E-state index contributed by atoms with van der Waals surface area (Å²) in [4.78, 5) is 24.1. The molecular weight excluding hydrogens is 392 g/mol. The molecule has 0 heterocycles. The molecule has 29 heavy (non-hydrogen) atoms. The van der Waals surface area contributed by atoms with Crippen LogP contribution in [0.15, 0.2) is 48.5 Å². The highest BCUT2D eigenvalue weighted by atomic mass is 35.5. The highest BCUT2D eigenvalue weighted by Crippen LogP contribution is 2.17. The van der Waals surface area contributed by atoms with Gasteiger partial charge in [-0.2, -0.15) is 5.26 Å². The topological polar surface area (TPSA) is 88.4 Å². The maximum Gasteiger partial charge on any atom is 0.338 e. The van der Waals surface area contributed by atoms with Crippen molar-refractivity contribution in [2.45, 2.75) is 32.9 Å². The summed E-state index contributed by atoms with van der Waals surface area (Å²) < 4.78 is 10.7. The summed E-state index contributed by atoms with van der Waals surface area (Å²) in [5.41, 5.74) is 0.172. The van der Waals surface area contributed by atoms with E-state index in [1.807, 2.05) is 13.8 Å². The molecule has 0 fully saturated rings. The van der Waals surface area contributed by atoms with E-state index in [2.05, 4.69) is 11.4 Å². The van der Waals surface area contributed by atoms with Gasteiger partial charge < -0.3 is 14.8 Å². The quantitative estimate of drug-likeness (QED) is 0.656. The third kappa shape index (κ3) is 6.51. The summed E-state index contributed by atoms with van der Waals surface area (Å²) in [6, 6.07) is 15.8. The molecule has 1 amide bonds. The van der Waals surface area contributed by atoms with E-state index in [-0.39, 0.29) is 5.92 Å². The van der Waals surface area contributed by atoms with Crippen LogP contribution in [-0.4, -0.2) is 24.0 Å². The predicted molar refractivity (Wildman–Crippen MR) is 110 cm³/mol. The first-order valence-corrected chi connectivity index (χ1v) is 9.48. The molecule has 0 aromatic heterocycles. The molecule has 2 aromatic carbocycles. The second kappa shape index (κ2) is 9.94. The zero-order valence-electron chi connectivity index (χ0n) is 16.6. The van der Waals surface area contributed by atoms with E-state index >= 15 is 0 Å². The summed E-state index contributed by atoms with van der Waals surface area (Å²) in [5, 5.41) is 12.5. The Labute approximate surface area is 175 Å². The Morgan fingerprint density at radius 2 is 1.76 bits per heavy atom. The molecular formula is C22H23ClN2O4. The Hall–Kier alpha value is -3.04. The SMILES string of the molecule is CC(C)[C@](C)(C#N)NC(=O)COC(=O)c1ccc(COc2ccc(Cl)cc2)cc1. The molecule has 0 saturated heterocycles. The predicted octanol–water partition coefficient (Wildman–Crippen LogP) is 4.13. The molecule has 0 aliphatic rings. The summed E-state index contributed by atoms with van der Waals surface area (Å²) >= 11 is 5.84. The lowest BCUT2D eigenvalue weighted by Crippen LogP contribution is -2.50. The minimum absolute atomic E-state index is 0.0882. The van der Waals surface area contributed by atoms with Crippen LogP contribution in [0.4, 0.5) is 0 Å². The zero-order valence-corrected chi connectivity index (χ0v) is 17.3. The Bertz CT molecular complexity index is 889. The zero-order chi connectivity index (χ0) is 21.4. The number of amides is 1. The standard InChI is InChI=1S/C22H23ClN2O4/c1-15(2)22(3,14-24)25-20(26)13-29-21(27)17-6-4-16(5-7-17)12-28-19-10-8-18(23)9-11-19/h4-11,15H,12-13H2,1-3H3,(H,25,26)/t22-/m0/s1. The third-order valence-electron chi connectivity index (χ3n) is 4.53. The van der Waals surface area contributed by atoms with Crippen molar-refractivity contribution in [2.24, 2.45) is 5.92 Å². The van der Waals surface area contributed by atoms with Crippen molar-refractivity contribution in [3.63, 3.8) is 0 Å². The molecule has 1 N–H and O–H groups in total. The Morgan fingerprint density at radius 1 is 1.14 bits per heavy atom. The molecule has 6 nitrogen and oxygen atoms in total. The average molecular weight is 415 g/mol. The van der Waals surface area contributed by atoms with Gasteiger partial charge in [0.1, 0.15) is 17.9 Å². The number of hydrogen-bond donors (Lipinski definition) is 1. The van der Waals surface area contributed by atoms with Gasteiger partial charge in [0, 0.05) is 5.02 Å². The van der Waals surface area contributed by atoms with Gasteiger partial charge in [0.25, 0.3) is 5.91 Å². The van der Waals surface area contributed by atoms with Crippen molar-refractivity contribution in [1.82, 2.24) is 5.32 Å². The molecule has 0 aliphatic carbocycles. The minimum atomic E-state index is -1.02. The van der Waals surface area contributed by atoms with Gasteiger partial charge in [-0.1, -0.05) is 37.6 Å². The number of carbonyl (C=O) groups is 2. The number of rotatable bonds is 8. The number of halogens is 1. The van der Waals surface area contributed by atoms with Crippen molar-refractivity contribution in [3.05, 3.63) is 64.7 Å². The van der Waals surface area contributed by atoms with Gasteiger partial charge in [-0.15, -0.1) is 0 Å². The lowest BCUT2D eigenvalue weighted by Gasteiger charge is -2.27. The first kappa shape index (κ1) is 22.3. The molecule has 7 heteroatoms. The van der Waals surface area contributed by atoms with Crippen LogP contribution in [0.5, 0.6) is 5.75 Å². The van der Waals surface area contributed by atoms with Crippen LogP contribution in [-0.2, 0) is 16.1 Å². The van der Waals surface area contributed by atoms with Crippen LogP contribution in [0.2, 0.25) is 5.02 Å². The van der Waals surface area contributed by atoms with Crippen molar-refractivity contribution >= 4 is 23.5 Å². The van der Waals surface area contributed by atoms with E-state index < -0.39 is 24.0 Å². The van der Waals surface area contributed by atoms with Gasteiger partial charge in [-0.05, 0) is 54.8 Å². The van der Waals surface area contributed by atoms with Crippen LogP contribution >= 0.6 is 11.6 Å². The Morgan fingerprint density at radius 3 is 2.31 bits per heavy atom. The van der Waals surface area contributed by atoms with Crippen molar-refractivity contribution in [1.29, 1.82) is 5.26 Å². The molecule has 0 radical (unpaired) electrons. The van der Waals surface area contributed by atoms with E-state index in [4.69, 9.17) is 21.1 Å². The highest BCUT2D eigenvalue weighted by Gasteiger charge is 2.30. The van der Waals surface area contributed by atoms with Crippen molar-refractivity contribution in [3.8, 4) is 11.8 Å². The maximum atomic E-state index is 12.1. The lowest BCUT2D eigenvalue weighted by molar-refractivity contribution is -0.125. The Balaban J connectivity index is 1.84. The van der Waals surface area contributed by atoms with Crippen LogP contribution in [0, 0.1) is 17.2 Å². The summed E-state index contributed by atoms with van der Waals surface area (Å²) in [6.07, 6.45) is 0. The van der Waals surface area contributed by atoms with Gasteiger partial charge >= 0.3 is 5.97 Å². The second-order valence-corrected chi connectivity index (χ2v) is 7.47. The average Bonchev–Trinajstić information content (AvgIpc) is 2.71. The van der Waals surface area contributed by atoms with Crippen molar-refractivity contribution < 1.29 is 19.1 Å². The lowest BCUT2D eigenvalue weighted by atomic mass is 9.90. The monoisotopic (exact) mass is 414 g/mol. The molecule has 0 saturated carbocycles. The maximum absolute atomic E-state index is 12.1. The number of nitrogens with zero attached hydrogens (tertiary/aromatic N) is 1. The van der Waals surface area contributed by atoms with Gasteiger partial charge in [-0.3, -0.25) is 4.79 Å². The van der Waals surface area contributed by atoms with Crippen LogP contribution < -0.4 is 10.1 Å². The highest BCUT2D eigenvalue weighted by molar-refractivity contribution is 6.30. The molecule has 0 bridgehead atoms. The van der Waals surface area contributed by atoms with E-state index in [9.17, 15) is 14.9 Å².